The Morgan fingerprint density at radius 1 is 0.452 bits per heavy atom. The number of unbranched alkanes of at least 4 members (excludes halogenated alkanes) is 22. The number of carbonyl (C=O) groups is 2. The fourth-order valence-corrected chi connectivity index (χ4v) is 5.04. The van der Waals surface area contributed by atoms with Crippen molar-refractivity contribution in [3.05, 3.63) is 24.3 Å². The maximum Gasteiger partial charge on any atom is 0.132 e. The smallest absolute Gasteiger partial charge is 0.132 e. The van der Waals surface area contributed by atoms with Gasteiger partial charge in [0.1, 0.15) is 12.1 Å². The van der Waals surface area contributed by atoms with E-state index in [9.17, 15) is 9.59 Å². The third-order valence-electron chi connectivity index (χ3n) is 7.75. The van der Waals surface area contributed by atoms with Crippen molar-refractivity contribution in [1.82, 2.24) is 0 Å². The van der Waals surface area contributed by atoms with Gasteiger partial charge in [-0.2, -0.15) is 0 Å². The molecule has 2 nitrogen and oxygen atoms in total. The molecule has 0 N–H and O–H groups in total. The van der Waals surface area contributed by atoms with Crippen LogP contribution in [0.25, 0.3) is 0 Å². The molecule has 2 heteroatoms. The number of ketones is 1. The van der Waals surface area contributed by atoms with Crippen LogP contribution in [-0.2, 0) is 9.59 Å². The monoisotopic (exact) mass is 579 g/mol. The van der Waals surface area contributed by atoms with Crippen molar-refractivity contribution in [1.29, 1.82) is 0 Å². The molecule has 238 valence electrons. The van der Waals surface area contributed by atoms with Crippen LogP contribution < -0.4 is 0 Å². The first kappa shape index (κ1) is 39.9. The first-order chi connectivity index (χ1) is 20.8. The van der Waals surface area contributed by atoms with Crippen molar-refractivity contribution in [2.45, 2.75) is 193 Å². The van der Waals surface area contributed by atoms with E-state index in [1.165, 1.54) is 109 Å². The summed E-state index contributed by atoms with van der Waals surface area (Å²) in [5.41, 5.74) is 0. The Kier molecular flexibility index (Phi) is 35.2. The fourth-order valence-electron chi connectivity index (χ4n) is 5.04. The van der Waals surface area contributed by atoms with Gasteiger partial charge in [-0.3, -0.25) is 4.79 Å². The highest BCUT2D eigenvalue weighted by Crippen LogP contribution is 2.13. The minimum Gasteiger partial charge on any atom is -0.303 e. The van der Waals surface area contributed by atoms with Crippen molar-refractivity contribution >= 4 is 12.1 Å². The molecule has 0 rings (SSSR count). The lowest BCUT2D eigenvalue weighted by molar-refractivity contribution is -0.119. The van der Waals surface area contributed by atoms with E-state index in [1.54, 1.807) is 0 Å². The maximum absolute atomic E-state index is 12.1. The van der Waals surface area contributed by atoms with E-state index in [0.29, 0.717) is 12.2 Å². The number of allylic oxidation sites excluding steroid dienone is 4. The SMILES string of the molecule is CCCCCCCCCCCC#CC#CCCCCCCCCCCCC(=O)CCCC=CCCC=CCCCC=O. The third kappa shape index (κ3) is 36.0. The van der Waals surface area contributed by atoms with Gasteiger partial charge < -0.3 is 4.79 Å². The fraction of sp³-hybridized carbons (Fsp3) is 0.750. The summed E-state index contributed by atoms with van der Waals surface area (Å²) in [6.45, 7) is 2.28. The predicted molar refractivity (Wildman–Crippen MR) is 184 cm³/mol. The molecule has 0 radical (unpaired) electrons. The molecule has 0 fully saturated rings. The van der Waals surface area contributed by atoms with Gasteiger partial charge in [0, 0.05) is 32.1 Å². The van der Waals surface area contributed by atoms with E-state index in [1.807, 2.05) is 0 Å². The van der Waals surface area contributed by atoms with Crippen LogP contribution in [0.4, 0.5) is 0 Å². The van der Waals surface area contributed by atoms with Gasteiger partial charge >= 0.3 is 0 Å². The summed E-state index contributed by atoms with van der Waals surface area (Å²) >= 11 is 0. The van der Waals surface area contributed by atoms with Crippen LogP contribution >= 0.6 is 0 Å². The zero-order valence-electron chi connectivity index (χ0n) is 27.7. The Labute approximate surface area is 262 Å². The van der Waals surface area contributed by atoms with E-state index in [0.717, 1.165) is 76.9 Å². The number of hydrogen-bond acceptors (Lipinski definition) is 2. The van der Waals surface area contributed by atoms with Gasteiger partial charge in [0.05, 0.1) is 0 Å². The number of aldehydes is 1. The van der Waals surface area contributed by atoms with Gasteiger partial charge in [0.25, 0.3) is 0 Å². The molecule has 0 aromatic carbocycles. The predicted octanol–water partition coefficient (Wildman–Crippen LogP) is 12.2. The molecule has 42 heavy (non-hydrogen) atoms. The topological polar surface area (TPSA) is 34.1 Å². The summed E-state index contributed by atoms with van der Waals surface area (Å²) in [4.78, 5) is 22.3. The van der Waals surface area contributed by atoms with Crippen molar-refractivity contribution in [2.75, 3.05) is 0 Å². The summed E-state index contributed by atoms with van der Waals surface area (Å²) in [5, 5.41) is 0. The molecular formula is C40H66O2. The van der Waals surface area contributed by atoms with Crippen LogP contribution in [0.2, 0.25) is 0 Å². The van der Waals surface area contributed by atoms with E-state index in [4.69, 9.17) is 0 Å². The van der Waals surface area contributed by atoms with Gasteiger partial charge in [0.15, 0.2) is 0 Å². The molecule has 0 aromatic heterocycles. The van der Waals surface area contributed by atoms with Crippen LogP contribution in [0, 0.1) is 23.7 Å². The van der Waals surface area contributed by atoms with Gasteiger partial charge in [-0.1, -0.05) is 139 Å². The van der Waals surface area contributed by atoms with E-state index < -0.39 is 0 Å². The van der Waals surface area contributed by atoms with E-state index in [-0.39, 0.29) is 0 Å². The molecule has 0 saturated heterocycles. The summed E-state index contributed by atoms with van der Waals surface area (Å²) in [5.74, 6) is 13.0. The van der Waals surface area contributed by atoms with Gasteiger partial charge in [-0.05, 0) is 69.6 Å². The molecule has 0 amide bonds. The number of hydrogen-bond donors (Lipinski definition) is 0. The molecule has 0 unspecified atom stereocenters. The second kappa shape index (κ2) is 37.0. The summed E-state index contributed by atoms with van der Waals surface area (Å²) < 4.78 is 0. The molecule has 0 heterocycles. The van der Waals surface area contributed by atoms with E-state index >= 15 is 0 Å². The lowest BCUT2D eigenvalue weighted by atomic mass is 10.0. The summed E-state index contributed by atoms with van der Waals surface area (Å²) in [6.07, 6.45) is 43.6. The first-order valence-electron chi connectivity index (χ1n) is 18.0. The summed E-state index contributed by atoms with van der Waals surface area (Å²) in [6, 6.07) is 0. The lowest BCUT2D eigenvalue weighted by Crippen LogP contribution is -1.97. The number of rotatable bonds is 31. The van der Waals surface area contributed by atoms with Gasteiger partial charge in [-0.25, -0.2) is 0 Å². The number of Topliss-reactive ketones (excluding diaryl/α,β-unsaturated/α-hetero) is 1. The normalized spacial score (nSPS) is 11.0. The van der Waals surface area contributed by atoms with Crippen LogP contribution in [0.15, 0.2) is 24.3 Å². The number of carbonyl (C=O) groups excluding carboxylic acids is 2. The van der Waals surface area contributed by atoms with Gasteiger partial charge in [0.2, 0.25) is 0 Å². The highest BCUT2D eigenvalue weighted by Gasteiger charge is 2.01. The molecule has 0 saturated carbocycles. The van der Waals surface area contributed by atoms with Crippen molar-refractivity contribution in [2.24, 2.45) is 0 Å². The Hall–Kier alpha value is -2.06. The third-order valence-corrected chi connectivity index (χ3v) is 7.75. The van der Waals surface area contributed by atoms with Crippen molar-refractivity contribution in [3.8, 4) is 23.7 Å². The van der Waals surface area contributed by atoms with Crippen molar-refractivity contribution < 1.29 is 9.59 Å². The van der Waals surface area contributed by atoms with Crippen LogP contribution in [0.3, 0.4) is 0 Å². The van der Waals surface area contributed by atoms with Crippen molar-refractivity contribution in [3.63, 3.8) is 0 Å². The average molecular weight is 579 g/mol. The zero-order chi connectivity index (χ0) is 30.4. The highest BCUT2D eigenvalue weighted by molar-refractivity contribution is 5.78. The minimum absolute atomic E-state index is 0.439. The zero-order valence-corrected chi connectivity index (χ0v) is 27.7. The highest BCUT2D eigenvalue weighted by atomic mass is 16.1. The molecular weight excluding hydrogens is 512 g/mol. The molecule has 0 aliphatic carbocycles. The largest absolute Gasteiger partial charge is 0.303 e. The molecule has 0 aliphatic heterocycles. The standard InChI is InChI=1S/C40H66O2/c1-2-3-4-5-6-7-8-9-10-11-12-13-14-15-16-17-18-19-20-22-25-28-31-34-37-40(42)38-35-32-29-26-23-21-24-27-30-33-36-39-41/h24,26-27,29,39H,2-11,16-23,25,28,30-38H2,1H3. The molecule has 0 aliphatic rings. The maximum atomic E-state index is 12.1. The lowest BCUT2D eigenvalue weighted by Gasteiger charge is -2.02. The Balaban J connectivity index is 3.34. The Bertz CT molecular complexity index is 767. The molecule has 0 spiro atoms. The average Bonchev–Trinajstić information content (AvgIpc) is 3.00. The second-order valence-electron chi connectivity index (χ2n) is 11.9. The molecule has 0 atom stereocenters. The second-order valence-corrected chi connectivity index (χ2v) is 11.9. The van der Waals surface area contributed by atoms with Crippen LogP contribution in [-0.4, -0.2) is 12.1 Å². The Morgan fingerprint density at radius 2 is 0.857 bits per heavy atom. The van der Waals surface area contributed by atoms with Crippen LogP contribution in [0.5, 0.6) is 0 Å². The van der Waals surface area contributed by atoms with Gasteiger partial charge in [-0.15, -0.1) is 0 Å². The molecule has 0 aromatic rings. The quantitative estimate of drug-likeness (QED) is 0.0355. The van der Waals surface area contributed by atoms with Crippen LogP contribution in [0.1, 0.15) is 193 Å². The minimum atomic E-state index is 0.439. The van der Waals surface area contributed by atoms with E-state index in [2.05, 4.69) is 54.9 Å². The molecule has 0 bridgehead atoms. The summed E-state index contributed by atoms with van der Waals surface area (Å²) in [7, 11) is 0. The first-order valence-corrected chi connectivity index (χ1v) is 18.0. The Morgan fingerprint density at radius 3 is 1.36 bits per heavy atom.